The van der Waals surface area contributed by atoms with E-state index < -0.39 is 0 Å². The molecule has 0 aliphatic heterocycles. The maximum Gasteiger partial charge on any atom is 0.0363 e. The number of hydrogen-bond acceptors (Lipinski definition) is 4. The smallest absolute Gasteiger partial charge is 0.0363 e. The molecule has 1 aromatic heterocycles. The van der Waals surface area contributed by atoms with Crippen LogP contribution in [-0.2, 0) is 6.54 Å². The first-order chi connectivity index (χ1) is 8.16. The normalized spacial score (nSPS) is 12.5. The number of hydrogen-bond donors (Lipinski definition) is 3. The van der Waals surface area contributed by atoms with E-state index in [9.17, 15) is 0 Å². The average molecular weight is 247 g/mol. The number of thiophene rings is 1. The van der Waals surface area contributed by atoms with Crippen LogP contribution in [0.5, 0.6) is 0 Å². The Hall–Kier alpha value is -1.52. The van der Waals surface area contributed by atoms with Crippen LogP contribution in [0.15, 0.2) is 35.7 Å². The predicted molar refractivity (Wildman–Crippen MR) is 74.8 cm³/mol. The predicted octanol–water partition coefficient (Wildman–Crippen LogP) is 2.76. The van der Waals surface area contributed by atoms with Crippen LogP contribution < -0.4 is 16.8 Å². The lowest BCUT2D eigenvalue weighted by Crippen LogP contribution is -2.18. The molecule has 0 spiro atoms. The quantitative estimate of drug-likeness (QED) is 0.728. The maximum absolute atomic E-state index is 5.95. The zero-order valence-corrected chi connectivity index (χ0v) is 10.6. The molecule has 5 N–H and O–H groups in total. The molecular weight excluding hydrogens is 230 g/mol. The van der Waals surface area contributed by atoms with Crippen molar-refractivity contribution in [2.75, 3.05) is 11.5 Å². The van der Waals surface area contributed by atoms with E-state index in [2.05, 4.69) is 29.8 Å². The Kier molecular flexibility index (Phi) is 3.66. The minimum atomic E-state index is 0.195. The van der Waals surface area contributed by atoms with E-state index in [0.29, 0.717) is 0 Å². The van der Waals surface area contributed by atoms with Crippen LogP contribution in [0.25, 0.3) is 0 Å². The van der Waals surface area contributed by atoms with Gasteiger partial charge in [-0.3, -0.25) is 0 Å². The van der Waals surface area contributed by atoms with Crippen LogP contribution in [-0.4, -0.2) is 0 Å². The summed E-state index contributed by atoms with van der Waals surface area (Å²) in [5.74, 6) is 0. The van der Waals surface area contributed by atoms with Crippen molar-refractivity contribution in [3.63, 3.8) is 0 Å². The van der Waals surface area contributed by atoms with Gasteiger partial charge < -0.3 is 16.8 Å². The van der Waals surface area contributed by atoms with Gasteiger partial charge in [0.15, 0.2) is 0 Å². The molecule has 2 aromatic rings. The van der Waals surface area contributed by atoms with Gasteiger partial charge in [-0.15, -0.1) is 11.3 Å². The summed E-state index contributed by atoms with van der Waals surface area (Å²) in [6, 6.07) is 9.98. The second kappa shape index (κ2) is 5.21. The highest BCUT2D eigenvalue weighted by Crippen LogP contribution is 2.23. The van der Waals surface area contributed by atoms with E-state index in [-0.39, 0.29) is 6.04 Å². The Morgan fingerprint density at radius 2 is 2.12 bits per heavy atom. The number of nitrogens with one attached hydrogen (secondary N) is 1. The number of nitrogens with two attached hydrogens (primary N) is 2. The molecule has 0 aliphatic carbocycles. The fourth-order valence-electron chi connectivity index (χ4n) is 1.75. The van der Waals surface area contributed by atoms with Gasteiger partial charge in [0.1, 0.15) is 0 Å². The molecule has 17 heavy (non-hydrogen) atoms. The first kappa shape index (κ1) is 12.0. The van der Waals surface area contributed by atoms with E-state index >= 15 is 0 Å². The van der Waals surface area contributed by atoms with Crippen LogP contribution in [0.2, 0.25) is 0 Å². The van der Waals surface area contributed by atoms with Crippen LogP contribution >= 0.6 is 11.3 Å². The summed E-state index contributed by atoms with van der Waals surface area (Å²) in [6.45, 7) is 2.95. The SMILES string of the molecule is CC(NCc1cccs1)c1cc(N)ccc1N. The van der Waals surface area contributed by atoms with Gasteiger partial charge in [0.05, 0.1) is 0 Å². The molecule has 1 unspecified atom stereocenters. The second-order valence-electron chi connectivity index (χ2n) is 4.07. The largest absolute Gasteiger partial charge is 0.399 e. The highest BCUT2D eigenvalue weighted by Gasteiger charge is 2.09. The van der Waals surface area contributed by atoms with Gasteiger partial charge in [0.25, 0.3) is 0 Å². The molecule has 1 heterocycles. The van der Waals surface area contributed by atoms with Crippen molar-refractivity contribution in [2.45, 2.75) is 19.5 Å². The monoisotopic (exact) mass is 247 g/mol. The molecule has 1 aromatic carbocycles. The lowest BCUT2D eigenvalue weighted by molar-refractivity contribution is 0.580. The first-order valence-electron chi connectivity index (χ1n) is 5.57. The van der Waals surface area contributed by atoms with Crippen molar-refractivity contribution in [1.82, 2.24) is 5.32 Å². The topological polar surface area (TPSA) is 64.1 Å². The van der Waals surface area contributed by atoms with Crippen LogP contribution in [0, 0.1) is 0 Å². The van der Waals surface area contributed by atoms with E-state index in [1.54, 1.807) is 11.3 Å². The standard InChI is InChI=1S/C13H17N3S/c1-9(16-8-11-3-2-6-17-11)12-7-10(14)4-5-13(12)15/h2-7,9,16H,8,14-15H2,1H3. The summed E-state index contributed by atoms with van der Waals surface area (Å²) in [4.78, 5) is 1.32. The van der Waals surface area contributed by atoms with Gasteiger partial charge in [-0.2, -0.15) is 0 Å². The van der Waals surface area contributed by atoms with Crippen LogP contribution in [0.3, 0.4) is 0 Å². The Labute approximate surface area is 105 Å². The Bertz CT molecular complexity index is 479. The lowest BCUT2D eigenvalue weighted by Gasteiger charge is -2.16. The number of rotatable bonds is 4. The molecule has 0 radical (unpaired) electrons. The van der Waals surface area contributed by atoms with E-state index in [1.165, 1.54) is 4.88 Å². The Morgan fingerprint density at radius 1 is 1.29 bits per heavy atom. The van der Waals surface area contributed by atoms with Gasteiger partial charge in [-0.05, 0) is 42.1 Å². The molecule has 0 fully saturated rings. The number of benzene rings is 1. The first-order valence-corrected chi connectivity index (χ1v) is 6.45. The average Bonchev–Trinajstić information content (AvgIpc) is 2.82. The Balaban J connectivity index is 2.04. The third-order valence-corrected chi connectivity index (χ3v) is 3.62. The van der Waals surface area contributed by atoms with Gasteiger partial charge >= 0.3 is 0 Å². The van der Waals surface area contributed by atoms with Crippen molar-refractivity contribution < 1.29 is 0 Å². The third kappa shape index (κ3) is 2.99. The number of anilines is 2. The van der Waals surface area contributed by atoms with E-state index in [1.807, 2.05) is 18.2 Å². The summed E-state index contributed by atoms with van der Waals surface area (Å²) in [5.41, 5.74) is 14.3. The summed E-state index contributed by atoms with van der Waals surface area (Å²) < 4.78 is 0. The minimum absolute atomic E-state index is 0.195. The number of nitrogen functional groups attached to an aromatic ring is 2. The molecule has 0 saturated heterocycles. The molecular formula is C13H17N3S. The lowest BCUT2D eigenvalue weighted by atomic mass is 10.1. The Morgan fingerprint density at radius 3 is 2.82 bits per heavy atom. The van der Waals surface area contributed by atoms with Crippen molar-refractivity contribution in [3.05, 3.63) is 46.2 Å². The van der Waals surface area contributed by atoms with E-state index in [4.69, 9.17) is 11.5 Å². The van der Waals surface area contributed by atoms with E-state index in [0.717, 1.165) is 23.5 Å². The van der Waals surface area contributed by atoms with Crippen LogP contribution in [0.1, 0.15) is 23.4 Å². The molecule has 0 saturated carbocycles. The van der Waals surface area contributed by atoms with Gasteiger partial charge in [-0.1, -0.05) is 6.07 Å². The van der Waals surface area contributed by atoms with Crippen molar-refractivity contribution in [2.24, 2.45) is 0 Å². The zero-order chi connectivity index (χ0) is 12.3. The highest BCUT2D eigenvalue weighted by molar-refractivity contribution is 7.09. The molecule has 1 atom stereocenters. The zero-order valence-electron chi connectivity index (χ0n) is 9.81. The third-order valence-electron chi connectivity index (χ3n) is 2.74. The van der Waals surface area contributed by atoms with Crippen molar-refractivity contribution >= 4 is 22.7 Å². The van der Waals surface area contributed by atoms with Crippen LogP contribution in [0.4, 0.5) is 11.4 Å². The summed E-state index contributed by atoms with van der Waals surface area (Å²) in [5, 5.41) is 5.52. The maximum atomic E-state index is 5.95. The molecule has 0 amide bonds. The molecule has 90 valence electrons. The second-order valence-corrected chi connectivity index (χ2v) is 5.10. The molecule has 4 heteroatoms. The van der Waals surface area contributed by atoms with Crippen molar-refractivity contribution in [1.29, 1.82) is 0 Å². The molecule has 0 bridgehead atoms. The summed E-state index contributed by atoms with van der Waals surface area (Å²) in [6.07, 6.45) is 0. The minimum Gasteiger partial charge on any atom is -0.399 e. The summed E-state index contributed by atoms with van der Waals surface area (Å²) >= 11 is 1.75. The fraction of sp³-hybridized carbons (Fsp3) is 0.231. The molecule has 2 rings (SSSR count). The summed E-state index contributed by atoms with van der Waals surface area (Å²) in [7, 11) is 0. The fourth-order valence-corrected chi connectivity index (χ4v) is 2.40. The van der Waals surface area contributed by atoms with Gasteiger partial charge in [0.2, 0.25) is 0 Å². The molecule has 3 nitrogen and oxygen atoms in total. The van der Waals surface area contributed by atoms with Gasteiger partial charge in [0, 0.05) is 28.8 Å². The van der Waals surface area contributed by atoms with Gasteiger partial charge in [-0.25, -0.2) is 0 Å². The highest BCUT2D eigenvalue weighted by atomic mass is 32.1. The van der Waals surface area contributed by atoms with Crippen molar-refractivity contribution in [3.8, 4) is 0 Å². The molecule has 0 aliphatic rings.